The summed E-state index contributed by atoms with van der Waals surface area (Å²) >= 11 is 6.34. The molecular formula is C19H24ClNO3. The Bertz CT molecular complexity index is 671. The van der Waals surface area contributed by atoms with E-state index >= 15 is 0 Å². The molecule has 1 aromatic rings. The second-order valence-electron chi connectivity index (χ2n) is 7.69. The van der Waals surface area contributed by atoms with E-state index in [0.717, 1.165) is 18.4 Å². The van der Waals surface area contributed by atoms with Gasteiger partial charge in [-0.3, -0.25) is 9.79 Å². The Morgan fingerprint density at radius 2 is 2.25 bits per heavy atom. The zero-order valence-corrected chi connectivity index (χ0v) is 15.2. The maximum absolute atomic E-state index is 12.5. The highest BCUT2D eigenvalue weighted by Crippen LogP contribution is 2.58. The van der Waals surface area contributed by atoms with Crippen molar-refractivity contribution in [2.75, 3.05) is 20.3 Å². The van der Waals surface area contributed by atoms with Crippen LogP contribution in [0.15, 0.2) is 23.2 Å². The Morgan fingerprint density at radius 3 is 2.96 bits per heavy atom. The van der Waals surface area contributed by atoms with Gasteiger partial charge in [0, 0.05) is 19.2 Å². The second-order valence-corrected chi connectivity index (χ2v) is 8.10. The van der Waals surface area contributed by atoms with Gasteiger partial charge in [0.1, 0.15) is 12.4 Å². The van der Waals surface area contributed by atoms with Crippen molar-refractivity contribution in [2.45, 2.75) is 33.1 Å². The van der Waals surface area contributed by atoms with E-state index in [2.05, 4.69) is 18.8 Å². The molecule has 5 heteroatoms. The molecule has 1 aliphatic carbocycles. The number of cyclic esters (lactones) is 1. The van der Waals surface area contributed by atoms with Crippen LogP contribution in [0.1, 0.15) is 32.3 Å². The SMILES string of the molecule is CN=CCOc1ccc(CC23CC(C)(C)CC2COC3=O)cc1Cl. The first-order chi connectivity index (χ1) is 11.4. The van der Waals surface area contributed by atoms with Crippen LogP contribution in [0.25, 0.3) is 0 Å². The zero-order chi connectivity index (χ0) is 17.4. The molecule has 130 valence electrons. The van der Waals surface area contributed by atoms with Crippen molar-refractivity contribution in [3.8, 4) is 5.75 Å². The Kier molecular flexibility index (Phi) is 4.60. The van der Waals surface area contributed by atoms with Gasteiger partial charge in [-0.25, -0.2) is 0 Å². The third-order valence-corrected chi connectivity index (χ3v) is 5.50. The Balaban J connectivity index is 1.80. The van der Waals surface area contributed by atoms with Crippen LogP contribution >= 0.6 is 11.6 Å². The highest BCUT2D eigenvalue weighted by Gasteiger charge is 2.59. The van der Waals surface area contributed by atoms with E-state index in [1.807, 2.05) is 18.2 Å². The lowest BCUT2D eigenvalue weighted by Crippen LogP contribution is -2.32. The summed E-state index contributed by atoms with van der Waals surface area (Å²) in [4.78, 5) is 16.4. The number of hydrogen-bond acceptors (Lipinski definition) is 4. The molecule has 2 unspecified atom stereocenters. The standard InChI is InChI=1S/C19H24ClNO3/c1-18(2)10-14-11-24-17(22)19(14,12-18)9-13-4-5-16(15(20)8-13)23-7-6-21-3/h4-6,8,14H,7,9-12H2,1-3H3. The fourth-order valence-corrected chi connectivity index (χ4v) is 4.58. The summed E-state index contributed by atoms with van der Waals surface area (Å²) in [5, 5.41) is 0.563. The van der Waals surface area contributed by atoms with E-state index in [1.165, 1.54) is 0 Å². The molecule has 0 bridgehead atoms. The van der Waals surface area contributed by atoms with Crippen LogP contribution in [0.2, 0.25) is 5.02 Å². The number of carbonyl (C=O) groups is 1. The first-order valence-corrected chi connectivity index (χ1v) is 8.73. The lowest BCUT2D eigenvalue weighted by Gasteiger charge is -2.26. The van der Waals surface area contributed by atoms with Crippen molar-refractivity contribution in [1.29, 1.82) is 0 Å². The van der Waals surface area contributed by atoms with E-state index in [0.29, 0.717) is 36.3 Å². The Labute approximate surface area is 148 Å². The molecular weight excluding hydrogens is 326 g/mol. The number of rotatable bonds is 5. The summed E-state index contributed by atoms with van der Waals surface area (Å²) in [6.45, 7) is 5.41. The number of hydrogen-bond donors (Lipinski definition) is 0. The maximum atomic E-state index is 12.5. The summed E-state index contributed by atoms with van der Waals surface area (Å²) in [6, 6.07) is 5.77. The molecule has 0 amide bonds. The maximum Gasteiger partial charge on any atom is 0.312 e. The number of benzene rings is 1. The second kappa shape index (κ2) is 6.40. The van der Waals surface area contributed by atoms with E-state index in [-0.39, 0.29) is 11.4 Å². The molecule has 1 aromatic carbocycles. The average Bonchev–Trinajstić information content (AvgIpc) is 2.93. The predicted molar refractivity (Wildman–Crippen MR) is 95.0 cm³/mol. The molecule has 1 aliphatic heterocycles. The molecule has 2 aliphatic rings. The lowest BCUT2D eigenvalue weighted by atomic mass is 9.74. The minimum Gasteiger partial charge on any atom is -0.486 e. The molecule has 1 saturated heterocycles. The van der Waals surface area contributed by atoms with Crippen LogP contribution in [-0.4, -0.2) is 32.4 Å². The molecule has 0 aromatic heterocycles. The third-order valence-electron chi connectivity index (χ3n) is 5.21. The predicted octanol–water partition coefficient (Wildman–Crippen LogP) is 3.94. The van der Waals surface area contributed by atoms with Gasteiger partial charge in [0.05, 0.1) is 17.0 Å². The molecule has 24 heavy (non-hydrogen) atoms. The first kappa shape index (κ1) is 17.3. The fraction of sp³-hybridized carbons (Fsp3) is 0.579. The number of aliphatic imine (C=N–C) groups is 1. The van der Waals surface area contributed by atoms with Crippen LogP contribution in [-0.2, 0) is 16.0 Å². The lowest BCUT2D eigenvalue weighted by molar-refractivity contribution is -0.147. The van der Waals surface area contributed by atoms with Gasteiger partial charge in [-0.15, -0.1) is 0 Å². The van der Waals surface area contributed by atoms with Crippen molar-refractivity contribution < 1.29 is 14.3 Å². The molecule has 2 atom stereocenters. The number of esters is 1. The molecule has 3 rings (SSSR count). The van der Waals surface area contributed by atoms with Crippen molar-refractivity contribution in [3.05, 3.63) is 28.8 Å². The van der Waals surface area contributed by atoms with Gasteiger partial charge >= 0.3 is 5.97 Å². The van der Waals surface area contributed by atoms with E-state index in [4.69, 9.17) is 21.1 Å². The number of carbonyl (C=O) groups excluding carboxylic acids is 1. The van der Waals surface area contributed by atoms with Crippen LogP contribution in [0.3, 0.4) is 0 Å². The molecule has 4 nitrogen and oxygen atoms in total. The topological polar surface area (TPSA) is 47.9 Å². The van der Waals surface area contributed by atoms with Gasteiger partial charge in [0.25, 0.3) is 0 Å². The summed E-state index contributed by atoms with van der Waals surface area (Å²) in [5.41, 5.74) is 0.832. The largest absolute Gasteiger partial charge is 0.486 e. The summed E-state index contributed by atoms with van der Waals surface area (Å²) in [6.07, 6.45) is 4.26. The molecule has 2 fully saturated rings. The normalized spacial score (nSPS) is 28.2. The van der Waals surface area contributed by atoms with Gasteiger partial charge < -0.3 is 9.47 Å². The van der Waals surface area contributed by atoms with E-state index in [9.17, 15) is 4.79 Å². The van der Waals surface area contributed by atoms with E-state index < -0.39 is 5.41 Å². The van der Waals surface area contributed by atoms with Crippen LogP contribution in [0.4, 0.5) is 0 Å². The van der Waals surface area contributed by atoms with Crippen LogP contribution in [0.5, 0.6) is 5.75 Å². The molecule has 1 saturated carbocycles. The van der Waals surface area contributed by atoms with Crippen molar-refractivity contribution in [3.63, 3.8) is 0 Å². The number of ether oxygens (including phenoxy) is 2. The number of halogens is 1. The van der Waals surface area contributed by atoms with Crippen molar-refractivity contribution in [1.82, 2.24) is 0 Å². The zero-order valence-electron chi connectivity index (χ0n) is 14.5. The van der Waals surface area contributed by atoms with Gasteiger partial charge in [0.15, 0.2) is 0 Å². The van der Waals surface area contributed by atoms with Gasteiger partial charge in [-0.05, 0) is 42.4 Å². The van der Waals surface area contributed by atoms with Gasteiger partial charge in [-0.2, -0.15) is 0 Å². The smallest absolute Gasteiger partial charge is 0.312 e. The third kappa shape index (κ3) is 3.16. The number of nitrogens with zero attached hydrogens (tertiary/aromatic N) is 1. The Morgan fingerprint density at radius 1 is 1.46 bits per heavy atom. The fourth-order valence-electron chi connectivity index (χ4n) is 4.33. The molecule has 0 radical (unpaired) electrons. The Hall–Kier alpha value is -1.55. The highest BCUT2D eigenvalue weighted by atomic mass is 35.5. The molecule has 0 N–H and O–H groups in total. The summed E-state index contributed by atoms with van der Waals surface area (Å²) in [7, 11) is 1.70. The summed E-state index contributed by atoms with van der Waals surface area (Å²) < 4.78 is 11.0. The molecule has 0 spiro atoms. The quantitative estimate of drug-likeness (QED) is 0.597. The minimum absolute atomic E-state index is 0.0475. The first-order valence-electron chi connectivity index (χ1n) is 8.35. The monoisotopic (exact) mass is 349 g/mol. The van der Waals surface area contributed by atoms with Crippen molar-refractivity contribution >= 4 is 23.8 Å². The van der Waals surface area contributed by atoms with Crippen LogP contribution < -0.4 is 4.74 Å². The van der Waals surface area contributed by atoms with Gasteiger partial charge in [-0.1, -0.05) is 31.5 Å². The van der Waals surface area contributed by atoms with Crippen molar-refractivity contribution in [2.24, 2.45) is 21.7 Å². The van der Waals surface area contributed by atoms with Crippen LogP contribution in [0, 0.1) is 16.7 Å². The summed E-state index contributed by atoms with van der Waals surface area (Å²) in [5.74, 6) is 0.888. The van der Waals surface area contributed by atoms with E-state index in [1.54, 1.807) is 13.3 Å². The highest BCUT2D eigenvalue weighted by molar-refractivity contribution is 6.32. The molecule has 1 heterocycles. The minimum atomic E-state index is -0.399. The van der Waals surface area contributed by atoms with Gasteiger partial charge in [0.2, 0.25) is 0 Å². The average molecular weight is 350 g/mol. The number of fused-ring (bicyclic) bond motifs is 1.